The summed E-state index contributed by atoms with van der Waals surface area (Å²) in [6.07, 6.45) is 1.98. The largest absolute Gasteiger partial charge is 0.383 e. The van der Waals surface area contributed by atoms with Gasteiger partial charge in [0.05, 0.1) is 16.9 Å². The lowest BCUT2D eigenvalue weighted by Gasteiger charge is -2.21. The van der Waals surface area contributed by atoms with Crippen molar-refractivity contribution in [1.29, 1.82) is 0 Å². The van der Waals surface area contributed by atoms with Gasteiger partial charge in [-0.2, -0.15) is 0 Å². The van der Waals surface area contributed by atoms with Crippen molar-refractivity contribution in [2.45, 2.75) is 12.8 Å². The Balaban J connectivity index is 1.88. The van der Waals surface area contributed by atoms with Gasteiger partial charge in [0.25, 0.3) is 5.91 Å². The minimum atomic E-state index is -0.870. The number of halogens is 2. The summed E-state index contributed by atoms with van der Waals surface area (Å²) in [6, 6.07) is 8.52. The van der Waals surface area contributed by atoms with Crippen molar-refractivity contribution in [3.8, 4) is 0 Å². The van der Waals surface area contributed by atoms with Crippen molar-refractivity contribution in [2.75, 3.05) is 17.2 Å². The molecule has 3 rings (SSSR count). The predicted molar refractivity (Wildman–Crippen MR) is 77.6 cm³/mol. The highest BCUT2D eigenvalue weighted by Crippen LogP contribution is 2.30. The molecule has 2 aromatic rings. The van der Waals surface area contributed by atoms with Gasteiger partial charge < -0.3 is 10.6 Å². The predicted octanol–water partition coefficient (Wildman–Crippen LogP) is 3.58. The van der Waals surface area contributed by atoms with Crippen LogP contribution in [0.25, 0.3) is 0 Å². The van der Waals surface area contributed by atoms with E-state index in [4.69, 9.17) is 0 Å². The van der Waals surface area contributed by atoms with Gasteiger partial charge in [-0.15, -0.1) is 0 Å². The van der Waals surface area contributed by atoms with Crippen LogP contribution in [0, 0.1) is 11.6 Å². The first-order valence-electron chi connectivity index (χ1n) is 6.77. The highest BCUT2D eigenvalue weighted by atomic mass is 19.1. The Morgan fingerprint density at radius 3 is 2.86 bits per heavy atom. The molecule has 0 atom stereocenters. The van der Waals surface area contributed by atoms with Crippen LogP contribution in [0.1, 0.15) is 22.3 Å². The zero-order chi connectivity index (χ0) is 14.8. The third-order valence-corrected chi connectivity index (χ3v) is 3.50. The van der Waals surface area contributed by atoms with E-state index in [0.717, 1.165) is 42.8 Å². The molecular formula is C16H14F2N2O. The van der Waals surface area contributed by atoms with Gasteiger partial charge in [-0.1, -0.05) is 12.1 Å². The third kappa shape index (κ3) is 2.72. The van der Waals surface area contributed by atoms with Gasteiger partial charge in [0.2, 0.25) is 0 Å². The maximum atomic E-state index is 13.6. The second-order valence-electron chi connectivity index (χ2n) is 4.95. The molecule has 21 heavy (non-hydrogen) atoms. The summed E-state index contributed by atoms with van der Waals surface area (Å²) in [4.78, 5) is 12.1. The molecular weight excluding hydrogens is 274 g/mol. The number of amides is 1. The number of fused-ring (bicyclic) bond motifs is 1. The van der Waals surface area contributed by atoms with E-state index >= 15 is 0 Å². The van der Waals surface area contributed by atoms with E-state index in [1.54, 1.807) is 6.07 Å². The molecule has 1 amide bonds. The van der Waals surface area contributed by atoms with Crippen LogP contribution in [0.3, 0.4) is 0 Å². The van der Waals surface area contributed by atoms with Gasteiger partial charge in [-0.25, -0.2) is 8.78 Å². The minimum absolute atomic E-state index is 0.176. The normalized spacial score (nSPS) is 13.2. The van der Waals surface area contributed by atoms with Crippen molar-refractivity contribution in [3.63, 3.8) is 0 Å². The van der Waals surface area contributed by atoms with Crippen LogP contribution in [0.4, 0.5) is 20.2 Å². The summed E-state index contributed by atoms with van der Waals surface area (Å²) in [7, 11) is 0. The van der Waals surface area contributed by atoms with E-state index in [0.29, 0.717) is 11.8 Å². The average Bonchev–Trinajstić information content (AvgIpc) is 2.47. The van der Waals surface area contributed by atoms with Gasteiger partial charge in [0.1, 0.15) is 11.6 Å². The second-order valence-corrected chi connectivity index (χ2v) is 4.95. The van der Waals surface area contributed by atoms with E-state index < -0.39 is 17.5 Å². The Kier molecular flexibility index (Phi) is 3.56. The van der Waals surface area contributed by atoms with Crippen LogP contribution in [-0.2, 0) is 6.42 Å². The standard InChI is InChI=1S/C16H14F2N2O/c17-11-6-7-12(13(18)9-11)16(21)20-14-5-1-3-10-4-2-8-19-15(10)14/h1,3,5-7,9,19H,2,4,8H2,(H,20,21). The molecule has 1 aliphatic rings. The molecule has 0 radical (unpaired) electrons. The molecule has 5 heteroatoms. The Bertz CT molecular complexity index is 701. The number of carbonyl (C=O) groups excluding carboxylic acids is 1. The molecule has 0 spiro atoms. The monoisotopic (exact) mass is 288 g/mol. The number of hydrogen-bond donors (Lipinski definition) is 2. The fourth-order valence-electron chi connectivity index (χ4n) is 2.48. The van der Waals surface area contributed by atoms with Crippen LogP contribution in [-0.4, -0.2) is 12.5 Å². The fourth-order valence-corrected chi connectivity index (χ4v) is 2.48. The van der Waals surface area contributed by atoms with Crippen molar-refractivity contribution < 1.29 is 13.6 Å². The fraction of sp³-hybridized carbons (Fsp3) is 0.188. The van der Waals surface area contributed by atoms with Crippen LogP contribution in [0.15, 0.2) is 36.4 Å². The molecule has 0 aromatic heterocycles. The van der Waals surface area contributed by atoms with Crippen molar-refractivity contribution in [3.05, 3.63) is 59.2 Å². The van der Waals surface area contributed by atoms with Gasteiger partial charge in [-0.3, -0.25) is 4.79 Å². The molecule has 0 saturated heterocycles. The summed E-state index contributed by atoms with van der Waals surface area (Å²) >= 11 is 0. The summed E-state index contributed by atoms with van der Waals surface area (Å²) < 4.78 is 26.5. The molecule has 0 unspecified atom stereocenters. The number of carbonyl (C=O) groups is 1. The Hall–Kier alpha value is -2.43. The van der Waals surface area contributed by atoms with Gasteiger partial charge in [0.15, 0.2) is 0 Å². The lowest BCUT2D eigenvalue weighted by Crippen LogP contribution is -2.18. The van der Waals surface area contributed by atoms with E-state index in [9.17, 15) is 13.6 Å². The summed E-state index contributed by atoms with van der Waals surface area (Å²) in [6.45, 7) is 0.838. The van der Waals surface area contributed by atoms with Crippen molar-refractivity contribution in [1.82, 2.24) is 0 Å². The molecule has 1 aliphatic heterocycles. The molecule has 0 saturated carbocycles. The Morgan fingerprint density at radius 2 is 2.05 bits per heavy atom. The van der Waals surface area contributed by atoms with Crippen LogP contribution >= 0.6 is 0 Å². The van der Waals surface area contributed by atoms with Crippen molar-refractivity contribution in [2.24, 2.45) is 0 Å². The van der Waals surface area contributed by atoms with Crippen molar-refractivity contribution >= 4 is 17.3 Å². The number of benzene rings is 2. The van der Waals surface area contributed by atoms with E-state index in [1.165, 1.54) is 0 Å². The Morgan fingerprint density at radius 1 is 1.19 bits per heavy atom. The molecule has 2 aromatic carbocycles. The molecule has 2 N–H and O–H groups in total. The summed E-state index contributed by atoms with van der Waals surface area (Å²) in [5.74, 6) is -2.17. The highest BCUT2D eigenvalue weighted by Gasteiger charge is 2.17. The Labute approximate surface area is 121 Å². The minimum Gasteiger partial charge on any atom is -0.383 e. The maximum Gasteiger partial charge on any atom is 0.258 e. The third-order valence-electron chi connectivity index (χ3n) is 3.50. The second kappa shape index (κ2) is 5.52. The van der Waals surface area contributed by atoms with Crippen LogP contribution < -0.4 is 10.6 Å². The lowest BCUT2D eigenvalue weighted by atomic mass is 10.0. The molecule has 0 bridgehead atoms. The zero-order valence-electron chi connectivity index (χ0n) is 11.2. The molecule has 0 aliphatic carbocycles. The van der Waals surface area contributed by atoms with Gasteiger partial charge in [0, 0.05) is 12.6 Å². The van der Waals surface area contributed by atoms with E-state index in [-0.39, 0.29) is 5.56 Å². The SMILES string of the molecule is O=C(Nc1cccc2c1NCCC2)c1ccc(F)cc1F. The van der Waals surface area contributed by atoms with Crippen LogP contribution in [0.2, 0.25) is 0 Å². The average molecular weight is 288 g/mol. The van der Waals surface area contributed by atoms with Gasteiger partial charge >= 0.3 is 0 Å². The summed E-state index contributed by atoms with van der Waals surface area (Å²) in [5, 5.41) is 5.93. The number of aryl methyl sites for hydroxylation is 1. The first-order valence-corrected chi connectivity index (χ1v) is 6.77. The molecule has 0 fully saturated rings. The molecule has 1 heterocycles. The van der Waals surface area contributed by atoms with E-state index in [1.807, 2.05) is 12.1 Å². The first-order chi connectivity index (χ1) is 10.1. The summed E-state index contributed by atoms with van der Waals surface area (Å²) in [5.41, 5.74) is 2.43. The number of hydrogen-bond acceptors (Lipinski definition) is 2. The van der Waals surface area contributed by atoms with Crippen LogP contribution in [0.5, 0.6) is 0 Å². The number of anilines is 2. The highest BCUT2D eigenvalue weighted by molar-refractivity contribution is 6.06. The maximum absolute atomic E-state index is 13.6. The topological polar surface area (TPSA) is 41.1 Å². The first kappa shape index (κ1) is 13.5. The van der Waals surface area contributed by atoms with Gasteiger partial charge in [-0.05, 0) is 36.6 Å². The molecule has 108 valence electrons. The number of nitrogens with one attached hydrogen (secondary N) is 2. The number of para-hydroxylation sites is 1. The quantitative estimate of drug-likeness (QED) is 0.887. The number of rotatable bonds is 2. The van der Waals surface area contributed by atoms with E-state index in [2.05, 4.69) is 10.6 Å². The lowest BCUT2D eigenvalue weighted by molar-refractivity contribution is 0.102. The smallest absolute Gasteiger partial charge is 0.258 e. The molecule has 3 nitrogen and oxygen atoms in total. The zero-order valence-corrected chi connectivity index (χ0v) is 11.2.